The van der Waals surface area contributed by atoms with Gasteiger partial charge in [-0.05, 0) is 28.8 Å². The van der Waals surface area contributed by atoms with Gasteiger partial charge in [-0.3, -0.25) is 0 Å². The molecule has 0 saturated heterocycles. The van der Waals surface area contributed by atoms with Crippen molar-refractivity contribution in [1.29, 1.82) is 0 Å². The highest BCUT2D eigenvalue weighted by Crippen LogP contribution is 2.18. The van der Waals surface area contributed by atoms with Crippen molar-refractivity contribution in [3.05, 3.63) is 22.4 Å². The van der Waals surface area contributed by atoms with E-state index in [1.165, 1.54) is 4.88 Å². The molecule has 0 fully saturated rings. The van der Waals surface area contributed by atoms with Crippen LogP contribution >= 0.6 is 23.1 Å². The number of aromatic nitrogens is 4. The number of hydrogen-bond donors (Lipinski definition) is 1. The van der Waals surface area contributed by atoms with E-state index in [1.54, 1.807) is 27.8 Å². The molecular weight excluding hydrogens is 254 g/mol. The van der Waals surface area contributed by atoms with E-state index in [2.05, 4.69) is 45.3 Å². The zero-order valence-electron chi connectivity index (χ0n) is 9.83. The van der Waals surface area contributed by atoms with Gasteiger partial charge < -0.3 is 5.32 Å². The van der Waals surface area contributed by atoms with Crippen LogP contribution in [0, 0.1) is 0 Å². The Bertz CT molecular complexity index is 439. The summed E-state index contributed by atoms with van der Waals surface area (Å²) < 4.78 is 1.69. The van der Waals surface area contributed by atoms with Gasteiger partial charge in [0.2, 0.25) is 5.16 Å². The minimum Gasteiger partial charge on any atom is -0.309 e. The Labute approximate surface area is 109 Å². The number of nitrogens with zero attached hydrogens (tertiary/aromatic N) is 4. The molecule has 0 saturated carbocycles. The lowest BCUT2D eigenvalue weighted by atomic mass is 10.3. The second-order valence-electron chi connectivity index (χ2n) is 3.62. The molecule has 5 nitrogen and oxygen atoms in total. The van der Waals surface area contributed by atoms with Gasteiger partial charge >= 0.3 is 0 Å². The zero-order valence-corrected chi connectivity index (χ0v) is 11.5. The van der Waals surface area contributed by atoms with Crippen molar-refractivity contribution in [2.24, 2.45) is 7.05 Å². The molecule has 0 aliphatic heterocycles. The van der Waals surface area contributed by atoms with E-state index < -0.39 is 0 Å². The molecule has 0 spiro atoms. The normalized spacial score (nSPS) is 12.8. The average molecular weight is 269 g/mol. The minimum absolute atomic E-state index is 0.410. The van der Waals surface area contributed by atoms with Crippen molar-refractivity contribution in [2.75, 3.05) is 12.3 Å². The summed E-state index contributed by atoms with van der Waals surface area (Å²) in [6.07, 6.45) is 0. The molecule has 1 unspecified atom stereocenters. The fourth-order valence-electron chi connectivity index (χ4n) is 1.40. The fraction of sp³-hybridized carbons (Fsp3) is 0.500. The SMILES string of the molecule is CC(NCCSc1nnnn1C)c1cccs1. The van der Waals surface area contributed by atoms with E-state index >= 15 is 0 Å². The zero-order chi connectivity index (χ0) is 12.1. The summed E-state index contributed by atoms with van der Waals surface area (Å²) in [6.45, 7) is 3.12. The lowest BCUT2D eigenvalue weighted by molar-refractivity contribution is 0.609. The maximum absolute atomic E-state index is 3.92. The summed E-state index contributed by atoms with van der Waals surface area (Å²) in [5, 5.41) is 17.7. The highest BCUT2D eigenvalue weighted by molar-refractivity contribution is 7.99. The van der Waals surface area contributed by atoms with Crippen molar-refractivity contribution in [1.82, 2.24) is 25.5 Å². The molecule has 0 aliphatic carbocycles. The van der Waals surface area contributed by atoms with Crippen molar-refractivity contribution in [3.63, 3.8) is 0 Å². The highest BCUT2D eigenvalue weighted by atomic mass is 32.2. The Hall–Kier alpha value is -0.920. The molecule has 2 aromatic rings. The molecule has 1 N–H and O–H groups in total. The van der Waals surface area contributed by atoms with Gasteiger partial charge in [-0.25, -0.2) is 4.68 Å². The van der Waals surface area contributed by atoms with Crippen LogP contribution in [0.1, 0.15) is 17.8 Å². The lowest BCUT2D eigenvalue weighted by Crippen LogP contribution is -2.20. The topological polar surface area (TPSA) is 55.6 Å². The molecule has 2 aromatic heterocycles. The van der Waals surface area contributed by atoms with E-state index in [9.17, 15) is 0 Å². The van der Waals surface area contributed by atoms with Crippen molar-refractivity contribution in [3.8, 4) is 0 Å². The quantitative estimate of drug-likeness (QED) is 0.639. The summed E-state index contributed by atoms with van der Waals surface area (Å²) in [5.74, 6) is 0.962. The Morgan fingerprint density at radius 3 is 3.12 bits per heavy atom. The Morgan fingerprint density at radius 2 is 2.47 bits per heavy atom. The molecule has 0 amide bonds. The van der Waals surface area contributed by atoms with E-state index in [0.29, 0.717) is 6.04 Å². The molecule has 0 aromatic carbocycles. The predicted molar refractivity (Wildman–Crippen MR) is 70.3 cm³/mol. The van der Waals surface area contributed by atoms with Crippen LogP contribution in [-0.4, -0.2) is 32.5 Å². The van der Waals surface area contributed by atoms with E-state index in [1.807, 2.05) is 7.05 Å². The van der Waals surface area contributed by atoms with Gasteiger partial charge in [-0.1, -0.05) is 17.8 Å². The van der Waals surface area contributed by atoms with E-state index in [-0.39, 0.29) is 0 Å². The number of nitrogens with one attached hydrogen (secondary N) is 1. The molecule has 0 radical (unpaired) electrons. The molecule has 92 valence electrons. The van der Waals surface area contributed by atoms with Crippen LogP contribution in [0.25, 0.3) is 0 Å². The van der Waals surface area contributed by atoms with Crippen LogP contribution in [0.15, 0.2) is 22.7 Å². The van der Waals surface area contributed by atoms with Gasteiger partial charge in [0.1, 0.15) is 0 Å². The Balaban J connectivity index is 1.68. The first kappa shape index (κ1) is 12.5. The number of hydrogen-bond acceptors (Lipinski definition) is 6. The smallest absolute Gasteiger partial charge is 0.209 e. The van der Waals surface area contributed by atoms with Crippen LogP contribution in [0.5, 0.6) is 0 Å². The third-order valence-corrected chi connectivity index (χ3v) is 4.40. The summed E-state index contributed by atoms with van der Waals surface area (Å²) in [6, 6.07) is 4.65. The van der Waals surface area contributed by atoms with Crippen LogP contribution in [0.4, 0.5) is 0 Å². The largest absolute Gasteiger partial charge is 0.309 e. The predicted octanol–water partition coefficient (Wildman–Crippen LogP) is 1.71. The maximum atomic E-state index is 3.92. The third kappa shape index (κ3) is 3.52. The summed E-state index contributed by atoms with van der Waals surface area (Å²) in [5.41, 5.74) is 0. The van der Waals surface area contributed by atoms with Gasteiger partial charge in [0, 0.05) is 30.3 Å². The summed E-state index contributed by atoms with van der Waals surface area (Å²) in [7, 11) is 1.85. The van der Waals surface area contributed by atoms with Gasteiger partial charge in [0.25, 0.3) is 0 Å². The van der Waals surface area contributed by atoms with E-state index in [0.717, 1.165) is 17.5 Å². The second kappa shape index (κ2) is 6.13. The van der Waals surface area contributed by atoms with Crippen LogP contribution in [0.3, 0.4) is 0 Å². The number of rotatable bonds is 6. The first-order valence-electron chi connectivity index (χ1n) is 5.39. The molecule has 1 atom stereocenters. The van der Waals surface area contributed by atoms with Gasteiger partial charge in [0.05, 0.1) is 0 Å². The minimum atomic E-state index is 0.410. The third-order valence-electron chi connectivity index (χ3n) is 2.33. The lowest BCUT2D eigenvalue weighted by Gasteiger charge is -2.11. The van der Waals surface area contributed by atoms with Gasteiger partial charge in [0.15, 0.2) is 0 Å². The molecule has 2 rings (SSSR count). The van der Waals surface area contributed by atoms with Gasteiger partial charge in [-0.2, -0.15) is 0 Å². The molecule has 0 aliphatic rings. The first-order valence-corrected chi connectivity index (χ1v) is 7.26. The molecule has 2 heterocycles. The average Bonchev–Trinajstić information content (AvgIpc) is 2.96. The number of thioether (sulfide) groups is 1. The highest BCUT2D eigenvalue weighted by Gasteiger charge is 2.06. The molecule has 0 bridgehead atoms. The number of thiophene rings is 1. The van der Waals surface area contributed by atoms with Crippen molar-refractivity contribution >= 4 is 23.1 Å². The van der Waals surface area contributed by atoms with Gasteiger partial charge in [-0.15, -0.1) is 16.4 Å². The Kier molecular flexibility index (Phi) is 4.52. The standard InChI is InChI=1S/C10H15N5S2/c1-8(9-4-3-6-16-9)11-5-7-17-10-12-13-14-15(10)2/h3-4,6,8,11H,5,7H2,1-2H3. The van der Waals surface area contributed by atoms with Crippen molar-refractivity contribution in [2.45, 2.75) is 18.1 Å². The molecular formula is C10H15N5S2. The van der Waals surface area contributed by atoms with Crippen LogP contribution in [-0.2, 0) is 7.05 Å². The Morgan fingerprint density at radius 1 is 1.59 bits per heavy atom. The van der Waals surface area contributed by atoms with Crippen molar-refractivity contribution < 1.29 is 0 Å². The van der Waals surface area contributed by atoms with Crippen LogP contribution in [0.2, 0.25) is 0 Å². The fourth-order valence-corrected chi connectivity index (χ4v) is 2.88. The van der Waals surface area contributed by atoms with Crippen LogP contribution < -0.4 is 5.32 Å². The monoisotopic (exact) mass is 269 g/mol. The molecule has 7 heteroatoms. The first-order chi connectivity index (χ1) is 8.27. The van der Waals surface area contributed by atoms with E-state index in [4.69, 9.17) is 0 Å². The second-order valence-corrected chi connectivity index (χ2v) is 5.67. The number of tetrazole rings is 1. The number of aryl methyl sites for hydroxylation is 1. The summed E-state index contributed by atoms with van der Waals surface area (Å²) >= 11 is 3.44. The maximum Gasteiger partial charge on any atom is 0.209 e. The molecule has 17 heavy (non-hydrogen) atoms. The summed E-state index contributed by atoms with van der Waals surface area (Å²) in [4.78, 5) is 1.37.